The molecular formula is C60H74FN9O13. The predicted octanol–water partition coefficient (Wildman–Crippen LogP) is 4.44. The lowest BCUT2D eigenvalue weighted by molar-refractivity contribution is -0.172. The molecule has 3 aromatic rings. The predicted molar refractivity (Wildman–Crippen MR) is 299 cm³/mol. The van der Waals surface area contributed by atoms with Gasteiger partial charge in [0.25, 0.3) is 0 Å². The maximum atomic E-state index is 15.5. The molecule has 1 aromatic heterocycles. The molecular weight excluding hydrogens is 1070 g/mol. The van der Waals surface area contributed by atoms with Gasteiger partial charge < -0.3 is 50.4 Å². The molecule has 5 N–H and O–H groups in total. The largest absolute Gasteiger partial charge is 0.444 e. The number of ether oxygens (including phenoxy) is 3. The standard InChI is InChI=1S/C60H74FN9O13/c1-9-60(80)42-23-46-52-41(27-69(46)26-40(42)57(77)83-58(60)78)50-44(19-18-39-33(5)43(61)24-45(65-52)49(39)50)64-47(71)29-81-30-68(21-20-67(7)8)59(79)82-28-36-12-16-38(17-13-36)63-53(73)34(6)62-55(75)51(31(2)3)66-54(74)37-14-10-35(11-15-37)25-70-48(72)22-32(4)56(70)76/h12-13,16-17,23-24,31-32,34-35,37,44,51,80H,9-11,14-15,18-22,25-30H2,1-8H3,(H,62,75)(H,63,73)(H,64,71)(H,66,74)/t32?,34-,35?,37?,44-,51-,60-/m0/s1. The van der Waals surface area contributed by atoms with Crippen LogP contribution < -0.4 is 21.3 Å². The van der Waals surface area contributed by atoms with E-state index in [2.05, 4.69) is 21.3 Å². The number of hydrogen-bond acceptors (Lipinski definition) is 16. The van der Waals surface area contributed by atoms with E-state index < -0.39 is 71.9 Å². The zero-order chi connectivity index (χ0) is 59.8. The molecule has 2 fully saturated rings. The first-order valence-electron chi connectivity index (χ1n) is 28.6. The Labute approximate surface area is 480 Å². The monoisotopic (exact) mass is 1150 g/mol. The lowest BCUT2D eigenvalue weighted by atomic mass is 9.81. The van der Waals surface area contributed by atoms with E-state index in [0.29, 0.717) is 85.3 Å². The first-order chi connectivity index (χ1) is 39.4. The highest BCUT2D eigenvalue weighted by molar-refractivity contribution is 6.08. The summed E-state index contributed by atoms with van der Waals surface area (Å²) in [5.74, 6) is -5.12. The topological polar surface area (TPSA) is 276 Å². The minimum Gasteiger partial charge on any atom is -0.444 e. The third-order valence-corrected chi connectivity index (χ3v) is 17.0. The Hall–Kier alpha value is -7.63. The zero-order valence-electron chi connectivity index (χ0n) is 48.3. The number of hydrogen-bond donors (Lipinski definition) is 5. The highest BCUT2D eigenvalue weighted by Crippen LogP contribution is 2.48. The summed E-state index contributed by atoms with van der Waals surface area (Å²) in [5.41, 5.74) is 3.46. The second kappa shape index (κ2) is 24.7. The van der Waals surface area contributed by atoms with Crippen molar-refractivity contribution < 1.29 is 66.9 Å². The Bertz CT molecular complexity index is 3210. The van der Waals surface area contributed by atoms with Gasteiger partial charge in [-0.3, -0.25) is 38.6 Å². The number of rotatable bonds is 20. The van der Waals surface area contributed by atoms with E-state index in [4.69, 9.17) is 19.2 Å². The van der Waals surface area contributed by atoms with Crippen molar-refractivity contribution in [2.24, 2.45) is 23.7 Å². The maximum Gasteiger partial charge on any atom is 0.411 e. The maximum absolute atomic E-state index is 15.5. The number of anilines is 1. The van der Waals surface area contributed by atoms with Crippen molar-refractivity contribution in [2.75, 3.05) is 58.9 Å². The molecule has 1 saturated carbocycles. The summed E-state index contributed by atoms with van der Waals surface area (Å²) < 4.78 is 32.0. The summed E-state index contributed by atoms with van der Waals surface area (Å²) in [7, 11) is 3.69. The van der Waals surface area contributed by atoms with E-state index in [0.717, 1.165) is 22.1 Å². The van der Waals surface area contributed by atoms with E-state index in [1.165, 1.54) is 22.8 Å². The number of carbonyl (C=O) groups is 9. The van der Waals surface area contributed by atoms with Crippen LogP contribution >= 0.6 is 0 Å². The van der Waals surface area contributed by atoms with Gasteiger partial charge in [0.05, 0.1) is 35.1 Å². The quantitative estimate of drug-likeness (QED) is 0.0453. The third-order valence-electron chi connectivity index (χ3n) is 17.0. The van der Waals surface area contributed by atoms with Crippen molar-refractivity contribution in [3.63, 3.8) is 0 Å². The van der Waals surface area contributed by atoms with E-state index in [9.17, 15) is 48.3 Å². The number of nitrogens with one attached hydrogen (secondary N) is 4. The van der Waals surface area contributed by atoms with Crippen molar-refractivity contribution in [1.29, 1.82) is 0 Å². The molecule has 2 aliphatic carbocycles. The lowest BCUT2D eigenvalue weighted by Crippen LogP contribution is -2.54. The molecule has 0 bridgehead atoms. The molecule has 2 aromatic carbocycles. The summed E-state index contributed by atoms with van der Waals surface area (Å²) in [5, 5.41) is 23.7. The smallest absolute Gasteiger partial charge is 0.411 e. The number of nitrogens with zero attached hydrogens (tertiary/aromatic N) is 5. The molecule has 7 amide bonds. The molecule has 4 aliphatic heterocycles. The number of aryl methyl sites for hydroxylation is 1. The highest BCUT2D eigenvalue weighted by atomic mass is 19.1. The number of fused-ring (bicyclic) bond motifs is 4. The average Bonchev–Trinajstić information content (AvgIpc) is 1.96. The van der Waals surface area contributed by atoms with Gasteiger partial charge in [-0.2, -0.15) is 0 Å². The van der Waals surface area contributed by atoms with Gasteiger partial charge in [0, 0.05) is 72.7 Å². The SMILES string of the molecule is CC[C@@]1(O)C(=O)OC(=O)C2=C1C=C1c3nc4cc(F)c(C)c5c4c(c3CN1C2)[C@@H](NC(=O)COCN(CCN(C)C)C(=O)OCc1ccc(NC(=O)[C@H](C)NC(=O)[C@@H](NC(=O)C2CCC(CN3C(=O)CC(C)C3=O)CC2)C(C)C)cc1)CC5. The summed E-state index contributed by atoms with van der Waals surface area (Å²) in [6.07, 6.45) is 4.44. The number of esters is 2. The molecule has 1 unspecified atom stereocenters. The Kier molecular flexibility index (Phi) is 17.8. The molecule has 5 heterocycles. The fraction of sp³-hybridized carbons (Fsp3) is 0.533. The molecule has 83 heavy (non-hydrogen) atoms. The summed E-state index contributed by atoms with van der Waals surface area (Å²) in [6, 6.07) is 5.55. The Morgan fingerprint density at radius 3 is 2.34 bits per heavy atom. The van der Waals surface area contributed by atoms with Crippen LogP contribution in [0.1, 0.15) is 119 Å². The second-order valence-corrected chi connectivity index (χ2v) is 23.4. The van der Waals surface area contributed by atoms with Crippen LogP contribution in [-0.4, -0.2) is 154 Å². The van der Waals surface area contributed by atoms with Gasteiger partial charge in [0.2, 0.25) is 35.4 Å². The van der Waals surface area contributed by atoms with Crippen molar-refractivity contribution in [3.8, 4) is 0 Å². The average molecular weight is 1150 g/mol. The number of amides is 7. The lowest BCUT2D eigenvalue weighted by Gasteiger charge is -2.36. The number of benzene rings is 2. The Morgan fingerprint density at radius 1 is 0.952 bits per heavy atom. The van der Waals surface area contributed by atoms with Crippen molar-refractivity contribution in [1.82, 2.24) is 40.5 Å². The van der Waals surface area contributed by atoms with Gasteiger partial charge in [-0.15, -0.1) is 0 Å². The van der Waals surface area contributed by atoms with Gasteiger partial charge in [-0.05, 0) is 125 Å². The van der Waals surface area contributed by atoms with Gasteiger partial charge in [0.15, 0.2) is 5.60 Å². The second-order valence-electron chi connectivity index (χ2n) is 23.4. The zero-order valence-corrected chi connectivity index (χ0v) is 48.3. The van der Waals surface area contributed by atoms with E-state index in [1.54, 1.807) is 65.0 Å². The van der Waals surface area contributed by atoms with Crippen LogP contribution in [0.5, 0.6) is 0 Å². The third kappa shape index (κ3) is 12.5. The van der Waals surface area contributed by atoms with Gasteiger partial charge in [-0.25, -0.2) is 23.8 Å². The number of aromatic nitrogens is 1. The number of cyclic esters (lactones) is 2. The number of aliphatic hydroxyl groups is 1. The minimum atomic E-state index is -2.04. The van der Waals surface area contributed by atoms with Gasteiger partial charge in [0.1, 0.15) is 37.8 Å². The number of halogens is 1. The van der Waals surface area contributed by atoms with Crippen molar-refractivity contribution in [2.45, 2.75) is 130 Å². The van der Waals surface area contributed by atoms with E-state index in [-0.39, 0.29) is 98.4 Å². The molecule has 444 valence electrons. The molecule has 22 nitrogen and oxygen atoms in total. The summed E-state index contributed by atoms with van der Waals surface area (Å²) in [4.78, 5) is 129. The molecule has 6 aliphatic rings. The normalized spacial score (nSPS) is 22.6. The fourth-order valence-corrected chi connectivity index (χ4v) is 12.0. The van der Waals surface area contributed by atoms with Crippen LogP contribution in [0, 0.1) is 36.4 Å². The van der Waals surface area contributed by atoms with Crippen LogP contribution in [0.15, 0.2) is 47.6 Å². The molecule has 9 rings (SSSR count). The highest BCUT2D eigenvalue weighted by Gasteiger charge is 2.51. The number of likely N-dealkylation sites (N-methyl/N-ethyl adjacent to an activating group) is 1. The minimum absolute atomic E-state index is 0.0303. The Morgan fingerprint density at radius 2 is 1.67 bits per heavy atom. The molecule has 23 heteroatoms. The van der Waals surface area contributed by atoms with E-state index in [1.807, 2.05) is 23.9 Å². The molecule has 0 spiro atoms. The molecule has 1 saturated heterocycles. The fourth-order valence-electron chi connectivity index (χ4n) is 12.0. The number of pyridine rings is 1. The van der Waals surface area contributed by atoms with Crippen LogP contribution in [0.4, 0.5) is 14.9 Å². The molecule has 5 atom stereocenters. The number of imide groups is 1. The van der Waals surface area contributed by atoms with Gasteiger partial charge in [-0.1, -0.05) is 39.8 Å². The first kappa shape index (κ1) is 60.0. The van der Waals surface area contributed by atoms with Crippen LogP contribution in [0.25, 0.3) is 16.6 Å². The van der Waals surface area contributed by atoms with Crippen LogP contribution in [0.2, 0.25) is 0 Å². The number of likely N-dealkylation sites (tertiary alicyclic amines) is 1. The first-order valence-corrected chi connectivity index (χ1v) is 28.6. The van der Waals surface area contributed by atoms with E-state index >= 15 is 4.39 Å². The summed E-state index contributed by atoms with van der Waals surface area (Å²) in [6.45, 7) is 10.7. The summed E-state index contributed by atoms with van der Waals surface area (Å²) >= 11 is 0. The van der Waals surface area contributed by atoms with Crippen molar-refractivity contribution >= 4 is 75.8 Å². The van der Waals surface area contributed by atoms with Crippen LogP contribution in [-0.2, 0) is 72.1 Å². The number of carbonyl (C=O) groups excluding carboxylic acids is 9. The Balaban J connectivity index is 0.761. The van der Waals surface area contributed by atoms with Crippen LogP contribution in [0.3, 0.4) is 0 Å². The van der Waals surface area contributed by atoms with Crippen molar-refractivity contribution in [3.05, 3.63) is 86.9 Å². The molecule has 0 radical (unpaired) electrons. The van der Waals surface area contributed by atoms with Gasteiger partial charge >= 0.3 is 18.0 Å².